The average Bonchev–Trinajstić information content (AvgIpc) is 3.15. The number of ether oxygens (including phenoxy) is 2. The normalized spacial score (nSPS) is 11.8. The van der Waals surface area contributed by atoms with Gasteiger partial charge in [-0.3, -0.25) is 9.00 Å². The van der Waals surface area contributed by atoms with E-state index in [-0.39, 0.29) is 17.4 Å². The second-order valence-electron chi connectivity index (χ2n) is 7.81. The summed E-state index contributed by atoms with van der Waals surface area (Å²) in [5.74, 6) is 2.37. The van der Waals surface area contributed by atoms with Crippen molar-refractivity contribution in [3.8, 4) is 23.0 Å². The Bertz CT molecular complexity index is 1140. The van der Waals surface area contributed by atoms with Crippen molar-refractivity contribution in [3.63, 3.8) is 0 Å². The average molecular weight is 485 g/mol. The predicted molar refractivity (Wildman–Crippen MR) is 134 cm³/mol. The Morgan fingerprint density at radius 2 is 1.79 bits per heavy atom. The second kappa shape index (κ2) is 12.4. The van der Waals surface area contributed by atoms with Crippen LogP contribution in [0.25, 0.3) is 11.5 Å². The summed E-state index contributed by atoms with van der Waals surface area (Å²) in [5, 5.41) is 2.84. The van der Waals surface area contributed by atoms with Gasteiger partial charge in [-0.2, -0.15) is 0 Å². The number of aryl methyl sites for hydroxylation is 2. The van der Waals surface area contributed by atoms with E-state index in [1.165, 1.54) is 0 Å². The molecule has 0 spiro atoms. The highest BCUT2D eigenvalue weighted by Crippen LogP contribution is 2.29. The van der Waals surface area contributed by atoms with Crippen LogP contribution < -0.4 is 14.8 Å². The number of aromatic nitrogens is 1. The molecule has 0 aliphatic carbocycles. The van der Waals surface area contributed by atoms with Crippen LogP contribution in [-0.4, -0.2) is 40.6 Å². The van der Waals surface area contributed by atoms with Gasteiger partial charge in [-0.25, -0.2) is 4.98 Å². The third-order valence-corrected chi connectivity index (χ3v) is 6.38. The van der Waals surface area contributed by atoms with Crippen LogP contribution in [0.15, 0.2) is 46.9 Å². The molecule has 2 aromatic carbocycles. The largest absolute Gasteiger partial charge is 0.490 e. The highest BCUT2D eigenvalue weighted by atomic mass is 32.2. The Hall–Kier alpha value is -3.13. The summed E-state index contributed by atoms with van der Waals surface area (Å²) in [4.78, 5) is 16.8. The molecule has 1 N–H and O–H groups in total. The Balaban J connectivity index is 1.50. The molecule has 0 aliphatic heterocycles. The van der Waals surface area contributed by atoms with E-state index in [1.54, 1.807) is 6.92 Å². The number of carbonyl (C=O) groups is 1. The first-order chi connectivity index (χ1) is 16.4. The molecule has 7 nitrogen and oxygen atoms in total. The predicted octanol–water partition coefficient (Wildman–Crippen LogP) is 4.36. The summed E-state index contributed by atoms with van der Waals surface area (Å²) >= 11 is 0. The van der Waals surface area contributed by atoms with Gasteiger partial charge in [0.25, 0.3) is 0 Å². The van der Waals surface area contributed by atoms with Crippen molar-refractivity contribution < 1.29 is 22.9 Å². The Labute approximate surface area is 203 Å². The molecule has 1 heterocycles. The lowest BCUT2D eigenvalue weighted by Gasteiger charge is -2.12. The molecule has 182 valence electrons. The third kappa shape index (κ3) is 6.93. The maximum absolute atomic E-state index is 12.6. The maximum atomic E-state index is 12.6. The molecule has 0 bridgehead atoms. The van der Waals surface area contributed by atoms with Gasteiger partial charge in [0.1, 0.15) is 11.5 Å². The zero-order chi connectivity index (χ0) is 24.5. The summed E-state index contributed by atoms with van der Waals surface area (Å²) in [5.41, 5.74) is 3.59. The summed E-state index contributed by atoms with van der Waals surface area (Å²) in [6.45, 7) is 9.19. The number of hydrogen-bond donors (Lipinski definition) is 1. The molecule has 34 heavy (non-hydrogen) atoms. The molecule has 1 amide bonds. The summed E-state index contributed by atoms with van der Waals surface area (Å²) in [6.07, 6.45) is 0.632. The molecule has 1 atom stereocenters. The van der Waals surface area contributed by atoms with Crippen molar-refractivity contribution in [2.45, 2.75) is 39.9 Å². The van der Waals surface area contributed by atoms with Crippen molar-refractivity contribution in [2.24, 2.45) is 0 Å². The molecule has 0 saturated heterocycles. The highest BCUT2D eigenvalue weighted by molar-refractivity contribution is 7.84. The molecule has 3 rings (SSSR count). The van der Waals surface area contributed by atoms with Gasteiger partial charge in [0.05, 0.1) is 24.7 Å². The van der Waals surface area contributed by atoms with Gasteiger partial charge in [0.15, 0.2) is 11.5 Å². The first-order valence-corrected chi connectivity index (χ1v) is 12.9. The zero-order valence-corrected chi connectivity index (χ0v) is 21.0. The minimum atomic E-state index is -1.39. The van der Waals surface area contributed by atoms with Gasteiger partial charge in [0, 0.05) is 22.9 Å². The number of amides is 1. The van der Waals surface area contributed by atoms with Crippen LogP contribution in [0.1, 0.15) is 36.4 Å². The van der Waals surface area contributed by atoms with Crippen LogP contribution in [0.4, 0.5) is 0 Å². The van der Waals surface area contributed by atoms with Crippen molar-refractivity contribution >= 4 is 16.7 Å². The van der Waals surface area contributed by atoms with Gasteiger partial charge in [-0.05, 0) is 63.4 Å². The fraction of sp³-hybridized carbons (Fsp3) is 0.385. The van der Waals surface area contributed by atoms with E-state index in [9.17, 15) is 9.00 Å². The topological polar surface area (TPSA) is 90.7 Å². The number of carbonyl (C=O) groups excluding carboxylic acids is 1. The number of nitrogens with one attached hydrogen (secondary N) is 1. The molecular weight excluding hydrogens is 452 g/mol. The van der Waals surface area contributed by atoms with E-state index in [4.69, 9.17) is 13.9 Å². The van der Waals surface area contributed by atoms with Gasteiger partial charge >= 0.3 is 0 Å². The summed E-state index contributed by atoms with van der Waals surface area (Å²) in [7, 11) is -1.39. The lowest BCUT2D eigenvalue weighted by Crippen LogP contribution is -2.30. The zero-order valence-electron chi connectivity index (χ0n) is 20.2. The number of nitrogens with zero attached hydrogens (tertiary/aromatic N) is 1. The first kappa shape index (κ1) is 25.5. The van der Waals surface area contributed by atoms with Crippen LogP contribution in [0.5, 0.6) is 11.5 Å². The van der Waals surface area contributed by atoms with Crippen LogP contribution in [0, 0.1) is 13.8 Å². The van der Waals surface area contributed by atoms with E-state index in [1.807, 2.05) is 63.2 Å². The summed E-state index contributed by atoms with van der Waals surface area (Å²) in [6, 6.07) is 13.6. The molecule has 0 aliphatic rings. The number of benzene rings is 2. The third-order valence-electron chi connectivity index (χ3n) is 5.20. The Morgan fingerprint density at radius 1 is 1.06 bits per heavy atom. The van der Waals surface area contributed by atoms with Gasteiger partial charge < -0.3 is 19.2 Å². The van der Waals surface area contributed by atoms with Gasteiger partial charge in [0.2, 0.25) is 11.8 Å². The van der Waals surface area contributed by atoms with E-state index in [0.29, 0.717) is 55.0 Å². The van der Waals surface area contributed by atoms with Crippen LogP contribution >= 0.6 is 0 Å². The van der Waals surface area contributed by atoms with Crippen LogP contribution in [-0.2, 0) is 27.8 Å². The number of oxazole rings is 1. The molecule has 8 heteroatoms. The molecule has 0 fully saturated rings. The van der Waals surface area contributed by atoms with Crippen LogP contribution in [0.2, 0.25) is 0 Å². The minimum Gasteiger partial charge on any atom is -0.490 e. The molecule has 3 aromatic rings. The molecular formula is C26H32N2O5S. The summed E-state index contributed by atoms with van der Waals surface area (Å²) < 4.78 is 29.6. The second-order valence-corrected chi connectivity index (χ2v) is 9.27. The quantitative estimate of drug-likeness (QED) is 0.411. The number of rotatable bonds is 12. The Morgan fingerprint density at radius 3 is 2.53 bits per heavy atom. The molecule has 1 aromatic heterocycles. The molecule has 0 saturated carbocycles. The van der Waals surface area contributed by atoms with E-state index < -0.39 is 10.8 Å². The van der Waals surface area contributed by atoms with Crippen molar-refractivity contribution in [1.82, 2.24) is 10.3 Å². The standard InChI is InChI=1S/C26H32N2O5S/c1-5-31-23-12-11-20(15-24(23)32-6-2)13-14-27-25(29)17-34(30)16-22-19(4)33-26(28-22)21-10-8-7-9-18(21)3/h7-12,15H,5-6,13-14,16-17H2,1-4H3,(H,27,29)/t34-/m1/s1. The maximum Gasteiger partial charge on any atom is 0.232 e. The smallest absolute Gasteiger partial charge is 0.232 e. The SMILES string of the molecule is CCOc1ccc(CCNC(=O)C[S@](=O)Cc2nc(-c3ccccc3C)oc2C)cc1OCC. The fourth-order valence-corrected chi connectivity index (χ4v) is 4.56. The van der Waals surface area contributed by atoms with Gasteiger partial charge in [-0.1, -0.05) is 24.3 Å². The van der Waals surface area contributed by atoms with Crippen LogP contribution in [0.3, 0.4) is 0 Å². The highest BCUT2D eigenvalue weighted by Gasteiger charge is 2.17. The first-order valence-electron chi connectivity index (χ1n) is 11.4. The number of hydrogen-bond acceptors (Lipinski definition) is 6. The van der Waals surface area contributed by atoms with E-state index in [2.05, 4.69) is 10.3 Å². The monoisotopic (exact) mass is 484 g/mol. The Kier molecular flexibility index (Phi) is 9.27. The lowest BCUT2D eigenvalue weighted by molar-refractivity contribution is -0.118. The lowest BCUT2D eigenvalue weighted by atomic mass is 10.1. The van der Waals surface area contributed by atoms with E-state index in [0.717, 1.165) is 16.7 Å². The van der Waals surface area contributed by atoms with Crippen molar-refractivity contribution in [2.75, 3.05) is 25.5 Å². The van der Waals surface area contributed by atoms with E-state index >= 15 is 0 Å². The molecule has 0 radical (unpaired) electrons. The fourth-order valence-electron chi connectivity index (χ4n) is 3.49. The van der Waals surface area contributed by atoms with Crippen molar-refractivity contribution in [1.29, 1.82) is 0 Å². The van der Waals surface area contributed by atoms with Gasteiger partial charge in [-0.15, -0.1) is 0 Å². The molecule has 0 unspecified atom stereocenters. The van der Waals surface area contributed by atoms with Crippen molar-refractivity contribution in [3.05, 3.63) is 65.0 Å². The minimum absolute atomic E-state index is 0.0839.